The van der Waals surface area contributed by atoms with E-state index in [9.17, 15) is 13.6 Å². The molecule has 1 aromatic carbocycles. The second-order valence-corrected chi connectivity index (χ2v) is 6.38. The number of benzene rings is 1. The Morgan fingerprint density at radius 2 is 2.17 bits per heavy atom. The Bertz CT molecular complexity index is 708. The normalized spacial score (nSPS) is 10.8. The van der Waals surface area contributed by atoms with Gasteiger partial charge in [0.1, 0.15) is 5.03 Å². The van der Waals surface area contributed by atoms with Crippen molar-refractivity contribution < 1.29 is 13.6 Å². The molecule has 124 valence electrons. The van der Waals surface area contributed by atoms with Gasteiger partial charge in [-0.3, -0.25) is 0 Å². The van der Waals surface area contributed by atoms with E-state index in [0.29, 0.717) is 6.54 Å². The predicted octanol–water partition coefficient (Wildman–Crippen LogP) is 4.67. The fourth-order valence-electron chi connectivity index (χ4n) is 1.84. The summed E-state index contributed by atoms with van der Waals surface area (Å²) in [7, 11) is 1.67. The molecule has 0 aliphatic heterocycles. The monoisotopic (exact) mass is 359 g/mol. The lowest BCUT2D eigenvalue weighted by Gasteiger charge is -2.15. The molecule has 2 rings (SSSR count). The van der Waals surface area contributed by atoms with E-state index in [4.69, 9.17) is 11.6 Å². The van der Waals surface area contributed by atoms with Crippen LogP contribution in [-0.4, -0.2) is 34.3 Å². The molecule has 0 saturated carbocycles. The summed E-state index contributed by atoms with van der Waals surface area (Å²) in [4.78, 5) is 13.8. The minimum atomic E-state index is -0.963. The van der Waals surface area contributed by atoms with Gasteiger partial charge in [-0.2, -0.15) is 9.78 Å². The first kappa shape index (κ1) is 17.7. The number of unbranched alkanes of at least 4 members (excludes halogenated alkanes) is 1. The highest BCUT2D eigenvalue weighted by Crippen LogP contribution is 2.34. The molecule has 1 heterocycles. The maximum absolute atomic E-state index is 13.7. The highest BCUT2D eigenvalue weighted by Gasteiger charge is 2.18. The quantitative estimate of drug-likeness (QED) is 0.778. The first-order valence-electron chi connectivity index (χ1n) is 7.06. The Kier molecular flexibility index (Phi) is 6.01. The standard InChI is InChI=1S/C15H16ClF2N3OS/c1-3-4-8-20(2)15(22)21-9-10(16)14(19-21)23-12-7-5-6-11(17)13(12)18/h5-7,9H,3-4,8H2,1-2H3. The lowest BCUT2D eigenvalue weighted by molar-refractivity contribution is 0.206. The Morgan fingerprint density at radius 3 is 2.87 bits per heavy atom. The van der Waals surface area contributed by atoms with E-state index < -0.39 is 11.6 Å². The van der Waals surface area contributed by atoms with Gasteiger partial charge in [0.25, 0.3) is 0 Å². The topological polar surface area (TPSA) is 38.1 Å². The SMILES string of the molecule is CCCCN(C)C(=O)n1cc(Cl)c(Sc2cccc(F)c2F)n1. The van der Waals surface area contributed by atoms with E-state index in [1.165, 1.54) is 23.2 Å². The molecule has 0 aliphatic rings. The second-order valence-electron chi connectivity index (χ2n) is 4.94. The number of hydrogen-bond donors (Lipinski definition) is 0. The van der Waals surface area contributed by atoms with Gasteiger partial charge in [-0.25, -0.2) is 13.6 Å². The maximum atomic E-state index is 13.7. The minimum Gasteiger partial charge on any atom is -0.326 e. The van der Waals surface area contributed by atoms with E-state index in [1.807, 2.05) is 6.92 Å². The van der Waals surface area contributed by atoms with Gasteiger partial charge in [0.2, 0.25) is 0 Å². The molecule has 4 nitrogen and oxygen atoms in total. The minimum absolute atomic E-state index is 0.0592. The van der Waals surface area contributed by atoms with Crippen molar-refractivity contribution in [2.45, 2.75) is 29.7 Å². The third-order valence-corrected chi connectivity index (χ3v) is 4.55. The number of aromatic nitrogens is 2. The molecule has 0 bridgehead atoms. The molecule has 0 unspecified atom stereocenters. The van der Waals surface area contributed by atoms with Gasteiger partial charge in [-0.05, 0) is 18.6 Å². The van der Waals surface area contributed by atoms with Crippen LogP contribution in [0.4, 0.5) is 13.6 Å². The average Bonchev–Trinajstić information content (AvgIpc) is 2.89. The van der Waals surface area contributed by atoms with Crippen LogP contribution in [0.1, 0.15) is 19.8 Å². The summed E-state index contributed by atoms with van der Waals surface area (Å²) in [6, 6.07) is 3.53. The Balaban J connectivity index is 2.18. The molecule has 1 aromatic heterocycles. The zero-order chi connectivity index (χ0) is 17.0. The molecule has 23 heavy (non-hydrogen) atoms. The Morgan fingerprint density at radius 1 is 1.43 bits per heavy atom. The molecule has 8 heteroatoms. The molecule has 0 fully saturated rings. The van der Waals surface area contributed by atoms with Crippen LogP contribution in [0.25, 0.3) is 0 Å². The number of amides is 1. The molecule has 0 atom stereocenters. The molecular formula is C15H16ClF2N3OS. The maximum Gasteiger partial charge on any atom is 0.344 e. The van der Waals surface area contributed by atoms with Gasteiger partial charge in [0.05, 0.1) is 16.1 Å². The number of nitrogens with zero attached hydrogens (tertiary/aromatic N) is 3. The number of hydrogen-bond acceptors (Lipinski definition) is 3. The highest BCUT2D eigenvalue weighted by atomic mass is 35.5. The van der Waals surface area contributed by atoms with Gasteiger partial charge < -0.3 is 4.90 Å². The van der Waals surface area contributed by atoms with Crippen LogP contribution in [0.15, 0.2) is 34.3 Å². The average molecular weight is 360 g/mol. The van der Waals surface area contributed by atoms with Gasteiger partial charge in [-0.15, -0.1) is 0 Å². The van der Waals surface area contributed by atoms with Crippen molar-refractivity contribution in [3.63, 3.8) is 0 Å². The van der Waals surface area contributed by atoms with Crippen molar-refractivity contribution in [2.24, 2.45) is 0 Å². The van der Waals surface area contributed by atoms with Crippen LogP contribution in [0.2, 0.25) is 5.02 Å². The molecule has 0 N–H and O–H groups in total. The van der Waals surface area contributed by atoms with Crippen molar-refractivity contribution in [2.75, 3.05) is 13.6 Å². The fourth-order valence-corrected chi connectivity index (χ4v) is 2.90. The van der Waals surface area contributed by atoms with Gasteiger partial charge in [-0.1, -0.05) is 42.8 Å². The van der Waals surface area contributed by atoms with E-state index in [0.717, 1.165) is 35.4 Å². The van der Waals surface area contributed by atoms with Crippen molar-refractivity contribution in [3.05, 3.63) is 41.1 Å². The summed E-state index contributed by atoms with van der Waals surface area (Å²) in [5.41, 5.74) is 0. The zero-order valence-corrected chi connectivity index (χ0v) is 14.3. The van der Waals surface area contributed by atoms with Crippen molar-refractivity contribution in [1.29, 1.82) is 0 Å². The van der Waals surface area contributed by atoms with Crippen LogP contribution in [0.3, 0.4) is 0 Å². The molecule has 0 radical (unpaired) electrons. The molecular weight excluding hydrogens is 344 g/mol. The lowest BCUT2D eigenvalue weighted by Crippen LogP contribution is -2.32. The molecule has 0 spiro atoms. The largest absolute Gasteiger partial charge is 0.344 e. The van der Waals surface area contributed by atoms with E-state index in [-0.39, 0.29) is 21.0 Å². The number of carbonyl (C=O) groups is 1. The highest BCUT2D eigenvalue weighted by molar-refractivity contribution is 7.99. The van der Waals surface area contributed by atoms with Gasteiger partial charge in [0, 0.05) is 13.6 Å². The summed E-state index contributed by atoms with van der Waals surface area (Å²) < 4.78 is 28.0. The molecule has 0 aliphatic carbocycles. The summed E-state index contributed by atoms with van der Waals surface area (Å²) in [5.74, 6) is -1.91. The Hall–Kier alpha value is -1.60. The van der Waals surface area contributed by atoms with E-state index in [2.05, 4.69) is 5.10 Å². The van der Waals surface area contributed by atoms with E-state index >= 15 is 0 Å². The van der Waals surface area contributed by atoms with Crippen LogP contribution < -0.4 is 0 Å². The summed E-state index contributed by atoms with van der Waals surface area (Å²) >= 11 is 6.92. The van der Waals surface area contributed by atoms with Crippen LogP contribution in [0.5, 0.6) is 0 Å². The molecule has 2 aromatic rings. The number of carbonyl (C=O) groups excluding carboxylic acids is 1. The number of rotatable bonds is 5. The fraction of sp³-hybridized carbons (Fsp3) is 0.333. The molecule has 0 saturated heterocycles. The second kappa shape index (κ2) is 7.79. The predicted molar refractivity (Wildman–Crippen MR) is 86.1 cm³/mol. The van der Waals surface area contributed by atoms with Crippen LogP contribution in [-0.2, 0) is 0 Å². The van der Waals surface area contributed by atoms with Crippen LogP contribution >= 0.6 is 23.4 Å². The summed E-state index contributed by atoms with van der Waals surface area (Å²) in [6.07, 6.45) is 3.22. The summed E-state index contributed by atoms with van der Waals surface area (Å²) in [6.45, 7) is 2.64. The third kappa shape index (κ3) is 4.23. The lowest BCUT2D eigenvalue weighted by atomic mass is 10.3. The van der Waals surface area contributed by atoms with Crippen molar-refractivity contribution in [3.8, 4) is 0 Å². The van der Waals surface area contributed by atoms with Crippen molar-refractivity contribution >= 4 is 29.4 Å². The van der Waals surface area contributed by atoms with Gasteiger partial charge >= 0.3 is 6.03 Å². The van der Waals surface area contributed by atoms with E-state index in [1.54, 1.807) is 7.05 Å². The third-order valence-electron chi connectivity index (χ3n) is 3.13. The Labute approximate surface area is 142 Å². The van der Waals surface area contributed by atoms with Gasteiger partial charge in [0.15, 0.2) is 11.6 Å². The first-order valence-corrected chi connectivity index (χ1v) is 8.26. The first-order chi connectivity index (χ1) is 10.9. The van der Waals surface area contributed by atoms with Crippen LogP contribution in [0, 0.1) is 11.6 Å². The smallest absolute Gasteiger partial charge is 0.326 e. The van der Waals surface area contributed by atoms with Crippen molar-refractivity contribution in [1.82, 2.24) is 14.7 Å². The summed E-state index contributed by atoms with van der Waals surface area (Å²) in [5, 5.41) is 4.52. The molecule has 1 amide bonds. The number of halogens is 3. The zero-order valence-electron chi connectivity index (χ0n) is 12.7.